The molecule has 0 aliphatic carbocycles. The number of amides is 2. The number of carbonyl (C=O) groups excluding carboxylic acids is 2. The van der Waals surface area contributed by atoms with E-state index in [2.05, 4.69) is 5.32 Å². The number of nitro benzene ring substituents is 1. The zero-order chi connectivity index (χ0) is 33.1. The van der Waals surface area contributed by atoms with Crippen LogP contribution in [-0.2, 0) is 32.6 Å². The first kappa shape index (κ1) is 33.9. The van der Waals surface area contributed by atoms with Gasteiger partial charge in [0, 0.05) is 31.6 Å². The van der Waals surface area contributed by atoms with Gasteiger partial charge >= 0.3 is 0 Å². The number of unbranched alkanes of at least 4 members (excludes halogenated alkanes) is 1. The molecule has 46 heavy (non-hydrogen) atoms. The van der Waals surface area contributed by atoms with Gasteiger partial charge < -0.3 is 10.2 Å². The van der Waals surface area contributed by atoms with Crippen LogP contribution in [0.4, 0.5) is 11.4 Å². The normalized spacial score (nSPS) is 11.8. The summed E-state index contributed by atoms with van der Waals surface area (Å²) in [6, 6.07) is 28.6. The first-order valence-corrected chi connectivity index (χ1v) is 16.5. The van der Waals surface area contributed by atoms with E-state index >= 15 is 0 Å². The molecule has 0 fully saturated rings. The van der Waals surface area contributed by atoms with Crippen LogP contribution in [0, 0.1) is 17.0 Å². The number of sulfonamides is 1. The highest BCUT2D eigenvalue weighted by Crippen LogP contribution is 2.27. The third-order valence-corrected chi connectivity index (χ3v) is 9.28. The van der Waals surface area contributed by atoms with Crippen LogP contribution in [0.5, 0.6) is 0 Å². The molecule has 0 saturated carbocycles. The molecular weight excluding hydrogens is 604 g/mol. The molecule has 4 aromatic carbocycles. The van der Waals surface area contributed by atoms with E-state index in [1.54, 1.807) is 18.2 Å². The minimum atomic E-state index is -4.30. The van der Waals surface area contributed by atoms with E-state index in [4.69, 9.17) is 0 Å². The molecule has 240 valence electrons. The van der Waals surface area contributed by atoms with Crippen LogP contribution in [0.2, 0.25) is 0 Å². The Balaban J connectivity index is 1.79. The van der Waals surface area contributed by atoms with E-state index in [0.29, 0.717) is 6.54 Å². The second-order valence-electron chi connectivity index (χ2n) is 11.0. The molecule has 0 saturated heterocycles. The average molecular weight is 643 g/mol. The lowest BCUT2D eigenvalue weighted by Gasteiger charge is -2.34. The highest BCUT2D eigenvalue weighted by atomic mass is 32.2. The van der Waals surface area contributed by atoms with Crippen LogP contribution in [0.3, 0.4) is 0 Å². The van der Waals surface area contributed by atoms with Gasteiger partial charge in [-0.3, -0.25) is 24.0 Å². The van der Waals surface area contributed by atoms with Crippen molar-refractivity contribution in [3.05, 3.63) is 136 Å². The molecule has 0 aliphatic heterocycles. The number of benzene rings is 4. The molecule has 11 heteroatoms. The Labute approximate surface area is 269 Å². The zero-order valence-corrected chi connectivity index (χ0v) is 26.7. The van der Waals surface area contributed by atoms with E-state index in [0.717, 1.165) is 33.8 Å². The summed E-state index contributed by atoms with van der Waals surface area (Å²) in [5.41, 5.74) is 2.44. The Morgan fingerprint density at radius 1 is 0.870 bits per heavy atom. The zero-order valence-electron chi connectivity index (χ0n) is 25.9. The first-order chi connectivity index (χ1) is 22.1. The summed E-state index contributed by atoms with van der Waals surface area (Å²) in [5, 5.41) is 14.3. The molecule has 4 rings (SSSR count). The van der Waals surface area contributed by atoms with Crippen LogP contribution in [0.1, 0.15) is 36.5 Å². The summed E-state index contributed by atoms with van der Waals surface area (Å²) in [5.74, 6) is -0.947. The molecule has 0 aromatic heterocycles. The minimum absolute atomic E-state index is 0.0514. The topological polar surface area (TPSA) is 130 Å². The van der Waals surface area contributed by atoms with Gasteiger partial charge in [0.15, 0.2) is 0 Å². The summed E-state index contributed by atoms with van der Waals surface area (Å²) >= 11 is 0. The molecule has 0 radical (unpaired) electrons. The standard InChI is InChI=1S/C35H38N4O6S/c1-3-4-22-36-35(41)33(24-28-13-7-5-8-14-28)37(25-29-15-11-12-27(2)23-29)34(40)26-38(30-18-20-31(21-19-30)39(42)43)46(44,45)32-16-9-6-10-17-32/h5-21,23,33H,3-4,22,24-26H2,1-2H3,(H,36,41)/t33-/m1/s1. The largest absolute Gasteiger partial charge is 0.354 e. The second kappa shape index (κ2) is 15.8. The van der Waals surface area contributed by atoms with E-state index < -0.39 is 33.4 Å². The average Bonchev–Trinajstić information content (AvgIpc) is 3.06. The lowest BCUT2D eigenvalue weighted by atomic mass is 10.0. The predicted octanol–water partition coefficient (Wildman–Crippen LogP) is 5.65. The van der Waals surface area contributed by atoms with Crippen LogP contribution in [-0.4, -0.2) is 49.2 Å². The van der Waals surface area contributed by atoms with Crippen LogP contribution in [0.15, 0.2) is 114 Å². The maximum absolute atomic E-state index is 14.5. The van der Waals surface area contributed by atoms with Crippen molar-refractivity contribution in [2.75, 3.05) is 17.4 Å². The Kier molecular flexibility index (Phi) is 11.6. The van der Waals surface area contributed by atoms with E-state index in [1.807, 2.05) is 68.4 Å². The third kappa shape index (κ3) is 8.79. The number of nitrogens with zero attached hydrogens (tertiary/aromatic N) is 3. The summed E-state index contributed by atoms with van der Waals surface area (Å²) in [6.45, 7) is 3.79. The summed E-state index contributed by atoms with van der Waals surface area (Å²) in [6.07, 6.45) is 1.84. The molecule has 0 aliphatic rings. The number of carbonyl (C=O) groups is 2. The molecule has 0 spiro atoms. The first-order valence-electron chi connectivity index (χ1n) is 15.1. The highest BCUT2D eigenvalue weighted by molar-refractivity contribution is 7.92. The molecule has 2 amide bonds. The van der Waals surface area contributed by atoms with Crippen molar-refractivity contribution >= 4 is 33.2 Å². The van der Waals surface area contributed by atoms with Crippen LogP contribution < -0.4 is 9.62 Å². The molecule has 1 N–H and O–H groups in total. The van der Waals surface area contributed by atoms with Gasteiger partial charge in [0.05, 0.1) is 15.5 Å². The quantitative estimate of drug-likeness (QED) is 0.101. The second-order valence-corrected chi connectivity index (χ2v) is 12.8. The van der Waals surface area contributed by atoms with Gasteiger partial charge in [-0.15, -0.1) is 0 Å². The van der Waals surface area contributed by atoms with Gasteiger partial charge in [0.25, 0.3) is 15.7 Å². The number of rotatable bonds is 15. The molecule has 0 unspecified atom stereocenters. The fraction of sp³-hybridized carbons (Fsp3) is 0.257. The predicted molar refractivity (Wildman–Crippen MR) is 178 cm³/mol. The Hall–Kier alpha value is -5.03. The molecule has 0 heterocycles. The van der Waals surface area contributed by atoms with Gasteiger partial charge in [0.2, 0.25) is 11.8 Å². The maximum Gasteiger partial charge on any atom is 0.269 e. The van der Waals surface area contributed by atoms with E-state index in [-0.39, 0.29) is 35.1 Å². The van der Waals surface area contributed by atoms with Crippen LogP contribution >= 0.6 is 0 Å². The summed E-state index contributed by atoms with van der Waals surface area (Å²) < 4.78 is 29.0. The van der Waals surface area contributed by atoms with Gasteiger partial charge in [-0.05, 0) is 48.7 Å². The Bertz CT molecular complexity index is 1730. The van der Waals surface area contributed by atoms with Gasteiger partial charge in [-0.25, -0.2) is 8.42 Å². The van der Waals surface area contributed by atoms with Crippen molar-refractivity contribution in [2.24, 2.45) is 0 Å². The molecule has 1 atom stereocenters. The number of aryl methyl sites for hydroxylation is 1. The Morgan fingerprint density at radius 2 is 1.50 bits per heavy atom. The lowest BCUT2D eigenvalue weighted by molar-refractivity contribution is -0.384. The number of nitrogens with one attached hydrogen (secondary N) is 1. The SMILES string of the molecule is CCCCNC(=O)[C@@H](Cc1ccccc1)N(Cc1cccc(C)c1)C(=O)CN(c1ccc([N+](=O)[O-])cc1)S(=O)(=O)c1ccccc1. The van der Waals surface area contributed by atoms with Gasteiger partial charge in [0.1, 0.15) is 12.6 Å². The van der Waals surface area contributed by atoms with Crippen molar-refractivity contribution in [1.29, 1.82) is 0 Å². The minimum Gasteiger partial charge on any atom is -0.354 e. The fourth-order valence-electron chi connectivity index (χ4n) is 5.06. The third-order valence-electron chi connectivity index (χ3n) is 7.49. The number of anilines is 1. The maximum atomic E-state index is 14.5. The van der Waals surface area contributed by atoms with Crippen molar-refractivity contribution < 1.29 is 22.9 Å². The van der Waals surface area contributed by atoms with Crippen molar-refractivity contribution in [1.82, 2.24) is 10.2 Å². The number of hydrogen-bond acceptors (Lipinski definition) is 6. The summed E-state index contributed by atoms with van der Waals surface area (Å²) in [7, 11) is -4.30. The van der Waals surface area contributed by atoms with Crippen molar-refractivity contribution in [3.8, 4) is 0 Å². The van der Waals surface area contributed by atoms with Crippen LogP contribution in [0.25, 0.3) is 0 Å². The van der Waals surface area contributed by atoms with E-state index in [1.165, 1.54) is 41.3 Å². The number of nitro groups is 1. The Morgan fingerprint density at radius 3 is 2.11 bits per heavy atom. The molecule has 4 aromatic rings. The lowest BCUT2D eigenvalue weighted by Crippen LogP contribution is -2.53. The van der Waals surface area contributed by atoms with Crippen molar-refractivity contribution in [3.63, 3.8) is 0 Å². The smallest absolute Gasteiger partial charge is 0.269 e. The molecular formula is C35H38N4O6S. The van der Waals surface area contributed by atoms with Crippen molar-refractivity contribution in [2.45, 2.75) is 50.6 Å². The number of hydrogen-bond donors (Lipinski definition) is 1. The fourth-order valence-corrected chi connectivity index (χ4v) is 6.49. The monoisotopic (exact) mass is 642 g/mol. The van der Waals surface area contributed by atoms with Gasteiger partial charge in [-0.2, -0.15) is 0 Å². The molecule has 0 bridgehead atoms. The van der Waals surface area contributed by atoms with Gasteiger partial charge in [-0.1, -0.05) is 91.7 Å². The summed E-state index contributed by atoms with van der Waals surface area (Å²) in [4.78, 5) is 40.4. The van der Waals surface area contributed by atoms with E-state index in [9.17, 15) is 28.1 Å². The molecule has 10 nitrogen and oxygen atoms in total. The number of non-ortho nitro benzene ring substituents is 1. The highest BCUT2D eigenvalue weighted by Gasteiger charge is 2.34.